The van der Waals surface area contributed by atoms with Gasteiger partial charge in [-0.1, -0.05) is 51.4 Å². The molecule has 1 N–H and O–H groups in total. The molecular formula is C13H12BrClN4OS. The number of alkyl halides is 1. The number of amides is 1. The number of halogens is 2. The molecule has 5 nitrogen and oxygen atoms in total. The fourth-order valence-corrected chi connectivity index (χ4v) is 2.50. The molecule has 1 heterocycles. The minimum absolute atomic E-state index is 0.487. The summed E-state index contributed by atoms with van der Waals surface area (Å²) in [6, 6.07) is 7.17. The van der Waals surface area contributed by atoms with Crippen molar-refractivity contribution in [2.45, 2.75) is 10.5 Å². The van der Waals surface area contributed by atoms with Crippen molar-refractivity contribution < 1.29 is 4.79 Å². The molecule has 2 rings (SSSR count). The monoisotopic (exact) mass is 386 g/mol. The molecule has 0 bridgehead atoms. The molecule has 0 fully saturated rings. The van der Waals surface area contributed by atoms with Crippen LogP contribution in [0.2, 0.25) is 5.02 Å². The molecule has 8 heteroatoms. The van der Waals surface area contributed by atoms with Gasteiger partial charge in [-0.25, -0.2) is 15.0 Å². The molecule has 0 aliphatic heterocycles. The third kappa shape index (κ3) is 3.87. The van der Waals surface area contributed by atoms with Gasteiger partial charge >= 0.3 is 0 Å². The molecule has 1 aromatic carbocycles. The summed E-state index contributed by atoms with van der Waals surface area (Å²) in [5.41, 5.74) is 4.36. The number of thioether (sulfide) groups is 1. The van der Waals surface area contributed by atoms with Crippen molar-refractivity contribution in [2.24, 2.45) is 0 Å². The summed E-state index contributed by atoms with van der Waals surface area (Å²) in [5, 5.41) is 2.93. The summed E-state index contributed by atoms with van der Waals surface area (Å²) in [6.07, 6.45) is 4.22. The Kier molecular flexibility index (Phi) is 5.84. The van der Waals surface area contributed by atoms with Crippen molar-refractivity contribution in [3.63, 3.8) is 0 Å². The van der Waals surface area contributed by atoms with Gasteiger partial charge in [0, 0.05) is 17.1 Å². The molecule has 0 aliphatic carbocycles. The molecule has 21 heavy (non-hydrogen) atoms. The maximum atomic E-state index is 11.4. The van der Waals surface area contributed by atoms with Crippen LogP contribution >= 0.6 is 39.3 Å². The van der Waals surface area contributed by atoms with Crippen LogP contribution in [0.1, 0.15) is 5.56 Å². The Bertz CT molecular complexity index is 643. The van der Waals surface area contributed by atoms with Crippen LogP contribution in [-0.4, -0.2) is 22.6 Å². The van der Waals surface area contributed by atoms with Gasteiger partial charge in [-0.3, -0.25) is 10.2 Å². The van der Waals surface area contributed by atoms with E-state index in [0.29, 0.717) is 33.4 Å². The molecule has 0 atom stereocenters. The fourth-order valence-electron chi connectivity index (χ4n) is 1.59. The highest BCUT2D eigenvalue weighted by Crippen LogP contribution is 2.25. The van der Waals surface area contributed by atoms with Crippen molar-refractivity contribution in [1.29, 1.82) is 0 Å². The molecule has 110 valence electrons. The second-order valence-electron chi connectivity index (χ2n) is 3.91. The third-order valence-corrected chi connectivity index (χ3v) is 4.09. The molecule has 0 spiro atoms. The summed E-state index contributed by atoms with van der Waals surface area (Å²) in [5.74, 6) is 0.487. The van der Waals surface area contributed by atoms with E-state index in [1.54, 1.807) is 18.3 Å². The topological polar surface area (TPSA) is 58.1 Å². The highest BCUT2D eigenvalue weighted by molar-refractivity contribution is 9.08. The van der Waals surface area contributed by atoms with Crippen molar-refractivity contribution in [3.05, 3.63) is 41.0 Å². The standard InChI is InChI=1S/C13H12BrClN4OS/c1-21-13-16-7-9(6-14)12(17-13)19(8-20)18-11-5-3-2-4-10(11)15/h2-5,7-8,18H,6H2,1H3. The second kappa shape index (κ2) is 7.63. The van der Waals surface area contributed by atoms with Gasteiger partial charge in [0.1, 0.15) is 0 Å². The average molecular weight is 388 g/mol. The highest BCUT2D eigenvalue weighted by atomic mass is 79.9. The van der Waals surface area contributed by atoms with E-state index in [9.17, 15) is 4.79 Å². The van der Waals surface area contributed by atoms with E-state index in [1.807, 2.05) is 18.4 Å². The number of rotatable bonds is 6. The Morgan fingerprint density at radius 3 is 2.86 bits per heavy atom. The SMILES string of the molecule is CSc1ncc(CBr)c(N(C=O)Nc2ccccc2Cl)n1. The number of para-hydroxylation sites is 1. The number of carbonyl (C=O) groups is 1. The van der Waals surface area contributed by atoms with E-state index in [0.717, 1.165) is 5.56 Å². The van der Waals surface area contributed by atoms with Crippen LogP contribution in [0.25, 0.3) is 0 Å². The highest BCUT2D eigenvalue weighted by Gasteiger charge is 2.15. The molecule has 0 saturated carbocycles. The Hall–Kier alpha value is -1.31. The second-order valence-corrected chi connectivity index (χ2v) is 5.65. The van der Waals surface area contributed by atoms with E-state index in [-0.39, 0.29) is 0 Å². The van der Waals surface area contributed by atoms with Gasteiger partial charge in [-0.2, -0.15) is 0 Å². The molecular weight excluding hydrogens is 376 g/mol. The first kappa shape index (κ1) is 16.1. The van der Waals surface area contributed by atoms with Gasteiger partial charge in [0.05, 0.1) is 10.7 Å². The number of hydrogen-bond donors (Lipinski definition) is 1. The molecule has 1 amide bonds. The van der Waals surface area contributed by atoms with E-state index in [2.05, 4.69) is 31.3 Å². The fraction of sp³-hybridized carbons (Fsp3) is 0.154. The predicted molar refractivity (Wildman–Crippen MR) is 90.1 cm³/mol. The maximum absolute atomic E-state index is 11.4. The van der Waals surface area contributed by atoms with Crippen molar-refractivity contribution in [2.75, 3.05) is 16.7 Å². The minimum Gasteiger partial charge on any atom is -0.289 e. The number of nitrogens with zero attached hydrogens (tertiary/aromatic N) is 3. The summed E-state index contributed by atoms with van der Waals surface area (Å²) in [7, 11) is 0. The number of aromatic nitrogens is 2. The van der Waals surface area contributed by atoms with Gasteiger partial charge < -0.3 is 0 Å². The summed E-state index contributed by atoms with van der Waals surface area (Å²) < 4.78 is 0. The number of carbonyl (C=O) groups excluding carboxylic acids is 1. The largest absolute Gasteiger partial charge is 0.289 e. The van der Waals surface area contributed by atoms with Gasteiger partial charge in [0.2, 0.25) is 6.41 Å². The molecule has 0 radical (unpaired) electrons. The Morgan fingerprint density at radius 2 is 2.24 bits per heavy atom. The van der Waals surface area contributed by atoms with Crippen LogP contribution < -0.4 is 10.4 Å². The maximum Gasteiger partial charge on any atom is 0.234 e. The smallest absolute Gasteiger partial charge is 0.234 e. The minimum atomic E-state index is 0.487. The van der Waals surface area contributed by atoms with E-state index < -0.39 is 0 Å². The van der Waals surface area contributed by atoms with Crippen molar-refractivity contribution >= 4 is 57.2 Å². The molecule has 0 aliphatic rings. The quantitative estimate of drug-likeness (QED) is 0.269. The molecule has 2 aromatic rings. The van der Waals surface area contributed by atoms with E-state index >= 15 is 0 Å². The lowest BCUT2D eigenvalue weighted by atomic mass is 10.3. The van der Waals surface area contributed by atoms with E-state index in [4.69, 9.17) is 11.6 Å². The lowest BCUT2D eigenvalue weighted by Crippen LogP contribution is -2.30. The zero-order valence-corrected chi connectivity index (χ0v) is 14.2. The molecule has 1 aromatic heterocycles. The van der Waals surface area contributed by atoms with Crippen LogP contribution in [-0.2, 0) is 10.1 Å². The Balaban J connectivity index is 2.37. The van der Waals surface area contributed by atoms with Crippen LogP contribution in [0.5, 0.6) is 0 Å². The van der Waals surface area contributed by atoms with Crippen molar-refractivity contribution in [1.82, 2.24) is 9.97 Å². The lowest BCUT2D eigenvalue weighted by molar-refractivity contribution is -0.107. The van der Waals surface area contributed by atoms with Crippen molar-refractivity contribution in [3.8, 4) is 0 Å². The van der Waals surface area contributed by atoms with Crippen LogP contribution in [0.15, 0.2) is 35.6 Å². The normalized spacial score (nSPS) is 10.2. The molecule has 0 saturated heterocycles. The number of hydrogen-bond acceptors (Lipinski definition) is 5. The predicted octanol–water partition coefficient (Wildman–Crippen LogP) is 3.74. The van der Waals surface area contributed by atoms with Crippen LogP contribution in [0.3, 0.4) is 0 Å². The van der Waals surface area contributed by atoms with Crippen LogP contribution in [0.4, 0.5) is 11.5 Å². The average Bonchev–Trinajstić information content (AvgIpc) is 2.53. The van der Waals surface area contributed by atoms with E-state index in [1.165, 1.54) is 16.8 Å². The van der Waals surface area contributed by atoms with Gasteiger partial charge in [-0.15, -0.1) is 0 Å². The summed E-state index contributed by atoms with van der Waals surface area (Å²) in [4.78, 5) is 20.0. The summed E-state index contributed by atoms with van der Waals surface area (Å²) >= 11 is 10.9. The van der Waals surface area contributed by atoms with Gasteiger partial charge in [0.15, 0.2) is 11.0 Å². The zero-order valence-electron chi connectivity index (χ0n) is 11.1. The van der Waals surface area contributed by atoms with Crippen LogP contribution in [0, 0.1) is 0 Å². The van der Waals surface area contributed by atoms with Gasteiger partial charge in [0.25, 0.3) is 0 Å². The number of benzene rings is 1. The van der Waals surface area contributed by atoms with Gasteiger partial charge in [-0.05, 0) is 18.4 Å². The lowest BCUT2D eigenvalue weighted by Gasteiger charge is -2.21. The number of hydrazine groups is 1. The Labute approximate surface area is 140 Å². The first-order valence-electron chi connectivity index (χ1n) is 5.91. The molecule has 0 unspecified atom stereocenters. The summed E-state index contributed by atoms with van der Waals surface area (Å²) in [6.45, 7) is 0. The number of nitrogens with one attached hydrogen (secondary N) is 1. The zero-order chi connectivity index (χ0) is 15.2. The first-order valence-corrected chi connectivity index (χ1v) is 8.63. The Morgan fingerprint density at radius 1 is 1.48 bits per heavy atom. The third-order valence-electron chi connectivity index (χ3n) is 2.59. The number of anilines is 2. The first-order chi connectivity index (χ1) is 10.2.